The minimum absolute atomic E-state index is 0.0662. The highest BCUT2D eigenvalue weighted by Gasteiger charge is 2.20. The lowest BCUT2D eigenvalue weighted by atomic mass is 10.2. The summed E-state index contributed by atoms with van der Waals surface area (Å²) in [5.41, 5.74) is 11.5. The van der Waals surface area contributed by atoms with Gasteiger partial charge in [-0.15, -0.1) is 0 Å². The maximum Gasteiger partial charge on any atom is 0.272 e. The topological polar surface area (TPSA) is 99.4 Å². The van der Waals surface area contributed by atoms with Gasteiger partial charge in [0.05, 0.1) is 5.56 Å². The number of nitrogens with zero attached hydrogens (tertiary/aromatic N) is 4. The largest absolute Gasteiger partial charge is 0.393 e. The SMILES string of the molecule is CCN1CCN(c2ncnc(NNC(=O)c3ccccc3F)c2N)CC1. The van der Waals surface area contributed by atoms with Crippen molar-refractivity contribution in [1.82, 2.24) is 20.3 Å². The van der Waals surface area contributed by atoms with Crippen LogP contribution < -0.4 is 21.5 Å². The van der Waals surface area contributed by atoms with Crippen LogP contribution in [-0.4, -0.2) is 53.5 Å². The Kier molecular flexibility index (Phi) is 5.47. The molecule has 0 bridgehead atoms. The first-order valence-electron chi connectivity index (χ1n) is 8.48. The molecule has 0 saturated carbocycles. The Morgan fingerprint density at radius 3 is 2.65 bits per heavy atom. The number of amides is 1. The number of benzene rings is 1. The first kappa shape index (κ1) is 17.9. The summed E-state index contributed by atoms with van der Waals surface area (Å²) in [4.78, 5) is 24.9. The van der Waals surface area contributed by atoms with Crippen molar-refractivity contribution >= 4 is 23.2 Å². The lowest BCUT2D eigenvalue weighted by Crippen LogP contribution is -2.46. The number of aromatic nitrogens is 2. The molecule has 1 amide bonds. The Labute approximate surface area is 151 Å². The Morgan fingerprint density at radius 1 is 1.23 bits per heavy atom. The summed E-state index contributed by atoms with van der Waals surface area (Å²) in [7, 11) is 0. The van der Waals surface area contributed by atoms with Gasteiger partial charge in [-0.1, -0.05) is 19.1 Å². The number of carbonyl (C=O) groups is 1. The Morgan fingerprint density at radius 2 is 1.96 bits per heavy atom. The molecule has 8 nitrogen and oxygen atoms in total. The van der Waals surface area contributed by atoms with E-state index in [9.17, 15) is 9.18 Å². The molecule has 0 atom stereocenters. The summed E-state index contributed by atoms with van der Waals surface area (Å²) in [6, 6.07) is 5.73. The molecule has 1 aliphatic heterocycles. The molecule has 0 radical (unpaired) electrons. The number of hydrogen-bond donors (Lipinski definition) is 3. The number of hydrogen-bond acceptors (Lipinski definition) is 7. The number of piperazine rings is 1. The first-order chi connectivity index (χ1) is 12.6. The van der Waals surface area contributed by atoms with Gasteiger partial charge in [0.1, 0.15) is 17.8 Å². The van der Waals surface area contributed by atoms with Gasteiger partial charge < -0.3 is 15.5 Å². The molecular weight excluding hydrogens is 337 g/mol. The Balaban J connectivity index is 1.68. The van der Waals surface area contributed by atoms with Crippen LogP contribution in [0.5, 0.6) is 0 Å². The summed E-state index contributed by atoms with van der Waals surface area (Å²) in [6.07, 6.45) is 1.38. The third kappa shape index (κ3) is 3.83. The second kappa shape index (κ2) is 7.96. The summed E-state index contributed by atoms with van der Waals surface area (Å²) in [5.74, 6) is -0.313. The average molecular weight is 359 g/mol. The molecule has 0 spiro atoms. The van der Waals surface area contributed by atoms with Crippen LogP contribution in [0.1, 0.15) is 17.3 Å². The number of likely N-dealkylation sites (N-methyl/N-ethyl adjacent to an activating group) is 1. The van der Waals surface area contributed by atoms with E-state index < -0.39 is 11.7 Å². The molecular formula is C17H22FN7O. The second-order valence-corrected chi connectivity index (χ2v) is 5.94. The number of carbonyl (C=O) groups excluding carboxylic acids is 1. The zero-order valence-corrected chi connectivity index (χ0v) is 14.6. The molecule has 0 aliphatic carbocycles. The number of hydrazine groups is 1. The maximum absolute atomic E-state index is 13.7. The lowest BCUT2D eigenvalue weighted by molar-refractivity contribution is 0.0958. The monoisotopic (exact) mass is 359 g/mol. The van der Waals surface area contributed by atoms with Gasteiger partial charge in [-0.3, -0.25) is 15.6 Å². The van der Waals surface area contributed by atoms with Crippen LogP contribution in [0, 0.1) is 5.82 Å². The third-order valence-electron chi connectivity index (χ3n) is 4.39. The van der Waals surface area contributed by atoms with Crippen molar-refractivity contribution in [2.45, 2.75) is 6.92 Å². The van der Waals surface area contributed by atoms with Gasteiger partial charge in [-0.2, -0.15) is 0 Å². The fraction of sp³-hybridized carbons (Fsp3) is 0.353. The molecule has 1 saturated heterocycles. The van der Waals surface area contributed by atoms with Crippen LogP contribution in [0.25, 0.3) is 0 Å². The first-order valence-corrected chi connectivity index (χ1v) is 8.48. The maximum atomic E-state index is 13.7. The van der Waals surface area contributed by atoms with Crippen molar-refractivity contribution in [2.24, 2.45) is 0 Å². The van der Waals surface area contributed by atoms with E-state index in [0.717, 1.165) is 32.7 Å². The lowest BCUT2D eigenvalue weighted by Gasteiger charge is -2.35. The highest BCUT2D eigenvalue weighted by atomic mass is 19.1. The number of anilines is 3. The van der Waals surface area contributed by atoms with Crippen LogP contribution in [0.15, 0.2) is 30.6 Å². The molecule has 2 heterocycles. The molecule has 26 heavy (non-hydrogen) atoms. The molecule has 2 aromatic rings. The zero-order valence-electron chi connectivity index (χ0n) is 14.6. The van der Waals surface area contributed by atoms with Crippen LogP contribution in [0.4, 0.5) is 21.7 Å². The second-order valence-electron chi connectivity index (χ2n) is 5.94. The van der Waals surface area contributed by atoms with E-state index in [1.807, 2.05) is 0 Å². The van der Waals surface area contributed by atoms with Gasteiger partial charge in [0, 0.05) is 26.2 Å². The van der Waals surface area contributed by atoms with Gasteiger partial charge >= 0.3 is 0 Å². The Hall–Kier alpha value is -2.94. The third-order valence-corrected chi connectivity index (χ3v) is 4.39. The standard InChI is InChI=1S/C17H22FN7O/c1-2-24-7-9-25(10-8-24)16-14(19)15(20-11-21-16)22-23-17(26)12-5-3-4-6-13(12)18/h3-6,11H,2,7-10,19H2,1H3,(H,23,26)(H,20,21,22). The zero-order chi connectivity index (χ0) is 18.5. The highest BCUT2D eigenvalue weighted by molar-refractivity contribution is 5.95. The summed E-state index contributed by atoms with van der Waals surface area (Å²) in [6.45, 7) is 6.66. The highest BCUT2D eigenvalue weighted by Crippen LogP contribution is 2.26. The van der Waals surface area contributed by atoms with E-state index in [1.165, 1.54) is 24.5 Å². The molecule has 1 fully saturated rings. The minimum atomic E-state index is -0.612. The van der Waals surface area contributed by atoms with Crippen molar-refractivity contribution in [1.29, 1.82) is 0 Å². The fourth-order valence-electron chi connectivity index (χ4n) is 2.84. The average Bonchev–Trinajstić information content (AvgIpc) is 2.67. The van der Waals surface area contributed by atoms with Crippen LogP contribution in [-0.2, 0) is 0 Å². The number of nitrogen functional groups attached to an aromatic ring is 1. The van der Waals surface area contributed by atoms with Crippen LogP contribution in [0.3, 0.4) is 0 Å². The normalized spacial score (nSPS) is 14.9. The van der Waals surface area contributed by atoms with E-state index in [1.54, 1.807) is 6.07 Å². The fourth-order valence-corrected chi connectivity index (χ4v) is 2.84. The number of rotatable bonds is 5. The number of nitrogens with one attached hydrogen (secondary N) is 2. The molecule has 1 aliphatic rings. The minimum Gasteiger partial charge on any atom is -0.393 e. The molecule has 9 heteroatoms. The quantitative estimate of drug-likeness (QED) is 0.688. The van der Waals surface area contributed by atoms with Gasteiger partial charge in [0.15, 0.2) is 11.6 Å². The van der Waals surface area contributed by atoms with E-state index in [0.29, 0.717) is 11.5 Å². The van der Waals surface area contributed by atoms with Crippen molar-refractivity contribution in [3.63, 3.8) is 0 Å². The summed E-state index contributed by atoms with van der Waals surface area (Å²) >= 11 is 0. The molecule has 3 rings (SSSR count). The van der Waals surface area contributed by atoms with Gasteiger partial charge in [0.25, 0.3) is 5.91 Å². The van der Waals surface area contributed by atoms with E-state index in [4.69, 9.17) is 5.73 Å². The van der Waals surface area contributed by atoms with Crippen LogP contribution in [0.2, 0.25) is 0 Å². The van der Waals surface area contributed by atoms with Gasteiger partial charge in [-0.25, -0.2) is 14.4 Å². The molecule has 0 unspecified atom stereocenters. The predicted molar refractivity (Wildman–Crippen MR) is 98.3 cm³/mol. The molecule has 1 aromatic heterocycles. The van der Waals surface area contributed by atoms with E-state index >= 15 is 0 Å². The van der Waals surface area contributed by atoms with Crippen LogP contribution >= 0.6 is 0 Å². The van der Waals surface area contributed by atoms with Crippen molar-refractivity contribution < 1.29 is 9.18 Å². The predicted octanol–water partition coefficient (Wildman–Crippen LogP) is 1.10. The smallest absolute Gasteiger partial charge is 0.272 e. The van der Waals surface area contributed by atoms with Gasteiger partial charge in [0.2, 0.25) is 0 Å². The Bertz CT molecular complexity index is 777. The van der Waals surface area contributed by atoms with E-state index in [2.05, 4.69) is 37.5 Å². The van der Waals surface area contributed by atoms with Crippen molar-refractivity contribution in [3.8, 4) is 0 Å². The molecule has 1 aromatic carbocycles. The van der Waals surface area contributed by atoms with E-state index in [-0.39, 0.29) is 11.4 Å². The van der Waals surface area contributed by atoms with Crippen molar-refractivity contribution in [2.75, 3.05) is 48.8 Å². The summed E-state index contributed by atoms with van der Waals surface area (Å²) < 4.78 is 13.7. The molecule has 4 N–H and O–H groups in total. The number of halogens is 1. The molecule has 138 valence electrons. The van der Waals surface area contributed by atoms with Crippen molar-refractivity contribution in [3.05, 3.63) is 42.0 Å². The number of nitrogens with two attached hydrogens (primary N) is 1. The van der Waals surface area contributed by atoms with Gasteiger partial charge in [-0.05, 0) is 18.7 Å². The summed E-state index contributed by atoms with van der Waals surface area (Å²) in [5, 5.41) is 0.